The van der Waals surface area contributed by atoms with Gasteiger partial charge in [0.15, 0.2) is 5.84 Å². The van der Waals surface area contributed by atoms with Crippen LogP contribution in [0.2, 0.25) is 5.02 Å². The van der Waals surface area contributed by atoms with Crippen molar-refractivity contribution >= 4 is 24.2 Å². The second-order valence-electron chi connectivity index (χ2n) is 7.69. The molecule has 0 aromatic heterocycles. The lowest BCUT2D eigenvalue weighted by Crippen LogP contribution is -2.42. The number of amidine groups is 1. The predicted octanol–water partition coefficient (Wildman–Crippen LogP) is 1.02. The summed E-state index contributed by atoms with van der Waals surface area (Å²) in [6.07, 6.45) is 3.98. The molecule has 1 aromatic carbocycles. The van der Waals surface area contributed by atoms with E-state index in [-0.39, 0.29) is 5.75 Å². The van der Waals surface area contributed by atoms with Crippen LogP contribution < -0.4 is 27.4 Å². The molecule has 0 aliphatic carbocycles. The average molecular weight is 447 g/mol. The van der Waals surface area contributed by atoms with Crippen molar-refractivity contribution in [3.8, 4) is 5.75 Å². The fourth-order valence-corrected chi connectivity index (χ4v) is 3.91. The van der Waals surface area contributed by atoms with Crippen LogP contribution in [0.5, 0.6) is 5.75 Å². The van der Waals surface area contributed by atoms with E-state index < -0.39 is 0 Å². The van der Waals surface area contributed by atoms with E-state index in [1.54, 1.807) is 24.3 Å². The summed E-state index contributed by atoms with van der Waals surface area (Å²) >= 11 is 6.32. The lowest BCUT2D eigenvalue weighted by molar-refractivity contribution is 0.320. The van der Waals surface area contributed by atoms with Crippen molar-refractivity contribution in [2.75, 3.05) is 32.7 Å². The maximum absolute atomic E-state index is 9.83. The van der Waals surface area contributed by atoms with Gasteiger partial charge < -0.3 is 37.4 Å². The molecule has 0 radical (unpaired) electrons. The molecule has 3 rings (SSSR count). The summed E-state index contributed by atoms with van der Waals surface area (Å²) in [7, 11) is 0. The molecule has 31 heavy (non-hydrogen) atoms. The number of nitrogens with one attached hydrogen (secondary N) is 3. The number of phenolic OH excluding ortho intramolecular Hbond substituents is 1. The molecule has 0 unspecified atom stereocenters. The Morgan fingerprint density at radius 1 is 1.35 bits per heavy atom. The molecule has 8 N–H and O–H groups in total. The van der Waals surface area contributed by atoms with E-state index in [1.165, 1.54) is 0 Å². The normalized spacial score (nSPS) is 18.7. The maximum atomic E-state index is 9.83. The Bertz CT molecular complexity index is 876. The lowest BCUT2D eigenvalue weighted by Gasteiger charge is -2.32. The van der Waals surface area contributed by atoms with Crippen LogP contribution in [0.15, 0.2) is 51.7 Å². The van der Waals surface area contributed by atoms with Gasteiger partial charge >= 0.3 is 0 Å². The van der Waals surface area contributed by atoms with E-state index in [2.05, 4.69) is 37.8 Å². The number of piperidine rings is 1. The number of hydrogen-bond acceptors (Lipinski definition) is 8. The number of benzene rings is 1. The van der Waals surface area contributed by atoms with Crippen LogP contribution in [0.1, 0.15) is 18.4 Å². The van der Waals surface area contributed by atoms with Gasteiger partial charge in [-0.3, -0.25) is 0 Å². The molecule has 10 heteroatoms. The second-order valence-corrected chi connectivity index (χ2v) is 8.09. The van der Waals surface area contributed by atoms with Gasteiger partial charge in [-0.2, -0.15) is 5.10 Å². The smallest absolute Gasteiger partial charge is 0.171 e. The van der Waals surface area contributed by atoms with Crippen LogP contribution in [-0.4, -0.2) is 55.3 Å². The molecule has 0 atom stereocenters. The molecule has 0 amide bonds. The lowest BCUT2D eigenvalue weighted by atomic mass is 9.98. The third kappa shape index (κ3) is 6.28. The van der Waals surface area contributed by atoms with E-state index in [4.69, 9.17) is 23.1 Å². The largest absolute Gasteiger partial charge is 0.508 e. The quantitative estimate of drug-likeness (QED) is 0.209. The highest BCUT2D eigenvalue weighted by Gasteiger charge is 2.20. The van der Waals surface area contributed by atoms with Crippen LogP contribution in [0, 0.1) is 5.92 Å². The minimum Gasteiger partial charge on any atom is -0.508 e. The Kier molecular flexibility index (Phi) is 8.02. The molecule has 1 fully saturated rings. The molecule has 2 aliphatic rings. The summed E-state index contributed by atoms with van der Waals surface area (Å²) in [6, 6.07) is 4.89. The van der Waals surface area contributed by atoms with Gasteiger partial charge in [0.25, 0.3) is 0 Å². The van der Waals surface area contributed by atoms with Crippen molar-refractivity contribution in [1.82, 2.24) is 20.9 Å². The fourth-order valence-electron chi connectivity index (χ4n) is 3.74. The molecule has 9 nitrogen and oxygen atoms in total. The molecule has 0 saturated carbocycles. The summed E-state index contributed by atoms with van der Waals surface area (Å²) in [5.74, 6) is 1.69. The molecule has 0 spiro atoms. The third-order valence-electron chi connectivity index (χ3n) is 5.46. The van der Waals surface area contributed by atoms with Crippen LogP contribution in [0.25, 0.3) is 0 Å². The highest BCUT2D eigenvalue weighted by molar-refractivity contribution is 6.31. The Labute approximate surface area is 187 Å². The summed E-state index contributed by atoms with van der Waals surface area (Å²) in [6.45, 7) is 8.12. The van der Waals surface area contributed by atoms with Crippen molar-refractivity contribution in [2.24, 2.45) is 27.6 Å². The van der Waals surface area contributed by atoms with Gasteiger partial charge in [-0.1, -0.05) is 11.6 Å². The molecule has 2 heterocycles. The number of nitrogens with zero attached hydrogens (tertiary/aromatic N) is 3. The molecular formula is C21H31ClN8O. The Hall–Kier alpha value is -2.91. The minimum absolute atomic E-state index is 0.164. The van der Waals surface area contributed by atoms with Crippen molar-refractivity contribution in [1.29, 1.82) is 0 Å². The second kappa shape index (κ2) is 10.9. The van der Waals surface area contributed by atoms with Gasteiger partial charge in [0.05, 0.1) is 11.4 Å². The van der Waals surface area contributed by atoms with E-state index in [0.717, 1.165) is 43.7 Å². The number of halogens is 1. The standard InChI is InChI=1S/C21H31ClN8O/c1-25-29-21(28-12-14-4-6-26-7-5-14)18(23)11-19-20(24)27-8-9-30(19)13-15-10-16(31)2-3-17(15)22/h2-3,10-11,14,26-27,31H,1,4-9,12-13,23-24H2,(H,28,29)/b18-11-. The van der Waals surface area contributed by atoms with Gasteiger partial charge in [-0.25, -0.2) is 0 Å². The number of hydrogen-bond donors (Lipinski definition) is 6. The van der Waals surface area contributed by atoms with Crippen molar-refractivity contribution in [3.05, 3.63) is 52.1 Å². The minimum atomic E-state index is 0.164. The zero-order valence-electron chi connectivity index (χ0n) is 17.6. The van der Waals surface area contributed by atoms with E-state index >= 15 is 0 Å². The van der Waals surface area contributed by atoms with Crippen molar-refractivity contribution in [3.63, 3.8) is 0 Å². The first-order chi connectivity index (χ1) is 15.0. The predicted molar refractivity (Wildman–Crippen MR) is 126 cm³/mol. The van der Waals surface area contributed by atoms with Gasteiger partial charge in [0, 0.05) is 37.9 Å². The number of rotatable bonds is 7. The highest BCUT2D eigenvalue weighted by Crippen LogP contribution is 2.25. The van der Waals surface area contributed by atoms with Crippen LogP contribution in [-0.2, 0) is 6.54 Å². The Balaban J connectivity index is 1.77. The molecule has 0 bridgehead atoms. The van der Waals surface area contributed by atoms with Crippen molar-refractivity contribution < 1.29 is 5.11 Å². The zero-order valence-corrected chi connectivity index (χ0v) is 18.3. The van der Waals surface area contributed by atoms with E-state index in [0.29, 0.717) is 47.9 Å². The molecule has 1 aromatic rings. The topological polar surface area (TPSA) is 136 Å². The summed E-state index contributed by atoms with van der Waals surface area (Å²) in [5.41, 5.74) is 14.6. The van der Waals surface area contributed by atoms with Gasteiger partial charge in [-0.15, -0.1) is 5.10 Å². The first-order valence-electron chi connectivity index (χ1n) is 10.4. The zero-order chi connectivity index (χ0) is 22.2. The monoisotopic (exact) mass is 446 g/mol. The first kappa shape index (κ1) is 22.8. The number of allylic oxidation sites excluding steroid dienone is 1. The average Bonchev–Trinajstić information content (AvgIpc) is 2.76. The number of nitrogens with two attached hydrogens (primary N) is 2. The highest BCUT2D eigenvalue weighted by atomic mass is 35.5. The van der Waals surface area contributed by atoms with Gasteiger partial charge in [-0.05, 0) is 61.7 Å². The summed E-state index contributed by atoms with van der Waals surface area (Å²) in [5, 5.41) is 28.0. The Morgan fingerprint density at radius 3 is 2.87 bits per heavy atom. The summed E-state index contributed by atoms with van der Waals surface area (Å²) < 4.78 is 0. The maximum Gasteiger partial charge on any atom is 0.171 e. The molecule has 168 valence electrons. The van der Waals surface area contributed by atoms with Crippen LogP contribution in [0.3, 0.4) is 0 Å². The molecule has 1 saturated heterocycles. The van der Waals surface area contributed by atoms with Crippen LogP contribution in [0.4, 0.5) is 0 Å². The molecular weight excluding hydrogens is 416 g/mol. The fraction of sp³-hybridized carbons (Fsp3) is 0.429. The number of aromatic hydroxyl groups is 1. The SMILES string of the molecule is C=N/N=C(NCC1CCNCC1)/C(N)=C/C1=C(N)NCCN1Cc1cc(O)ccc1Cl. The summed E-state index contributed by atoms with van der Waals surface area (Å²) in [4.78, 5) is 2.06. The van der Waals surface area contributed by atoms with E-state index in [9.17, 15) is 5.11 Å². The number of phenols is 1. The Morgan fingerprint density at radius 2 is 2.13 bits per heavy atom. The van der Waals surface area contributed by atoms with Gasteiger partial charge in [0.1, 0.15) is 11.6 Å². The van der Waals surface area contributed by atoms with Crippen molar-refractivity contribution in [2.45, 2.75) is 19.4 Å². The molecule has 2 aliphatic heterocycles. The van der Waals surface area contributed by atoms with E-state index in [1.807, 2.05) is 0 Å². The first-order valence-corrected chi connectivity index (χ1v) is 10.8. The third-order valence-corrected chi connectivity index (χ3v) is 5.83. The van der Waals surface area contributed by atoms with Gasteiger partial charge in [0.2, 0.25) is 0 Å². The van der Waals surface area contributed by atoms with Crippen LogP contribution >= 0.6 is 11.6 Å².